The number of thioether (sulfide) groups is 2. The summed E-state index contributed by atoms with van der Waals surface area (Å²) in [4.78, 5) is 7.03. The van der Waals surface area contributed by atoms with Gasteiger partial charge in [-0.1, -0.05) is 41.5 Å². The van der Waals surface area contributed by atoms with Gasteiger partial charge < -0.3 is 15.5 Å². The van der Waals surface area contributed by atoms with Crippen LogP contribution in [0.1, 0.15) is 65.8 Å². The number of nitrogens with one attached hydrogen (secondary N) is 2. The van der Waals surface area contributed by atoms with Gasteiger partial charge in [0.1, 0.15) is 0 Å². The lowest BCUT2D eigenvalue weighted by Crippen LogP contribution is -2.21. The van der Waals surface area contributed by atoms with E-state index in [0.717, 1.165) is 37.6 Å². The summed E-state index contributed by atoms with van der Waals surface area (Å²) >= 11 is 4.06. The predicted octanol–water partition coefficient (Wildman–Crippen LogP) is 5.17. The highest BCUT2D eigenvalue weighted by Crippen LogP contribution is 2.24. The summed E-state index contributed by atoms with van der Waals surface area (Å²) in [6, 6.07) is 4.39. The molecule has 0 atom stereocenters. The smallest absolute Gasteiger partial charge is 0.0566 e. The first-order valence-electron chi connectivity index (χ1n) is 10.8. The third-order valence-electron chi connectivity index (χ3n) is 4.11. The zero-order chi connectivity index (χ0) is 21.9. The van der Waals surface area contributed by atoms with Gasteiger partial charge in [-0.25, -0.2) is 0 Å². The van der Waals surface area contributed by atoms with E-state index >= 15 is 0 Å². The molecular formula is C23H44N4S2. The number of nitrogens with zero attached hydrogens (tertiary/aromatic N) is 2. The Hall–Kier alpha value is -0.430. The number of rotatable bonds is 13. The van der Waals surface area contributed by atoms with E-state index in [1.807, 2.05) is 23.5 Å². The van der Waals surface area contributed by atoms with E-state index in [4.69, 9.17) is 4.98 Å². The summed E-state index contributed by atoms with van der Waals surface area (Å²) < 4.78 is 0.712. The molecule has 0 saturated heterocycles. The summed E-state index contributed by atoms with van der Waals surface area (Å²) in [5.41, 5.74) is 3.47. The van der Waals surface area contributed by atoms with Crippen LogP contribution in [0.15, 0.2) is 12.1 Å². The Labute approximate surface area is 188 Å². The van der Waals surface area contributed by atoms with Crippen LogP contribution in [0.2, 0.25) is 0 Å². The lowest BCUT2D eigenvalue weighted by molar-refractivity contribution is 0.644. The fraction of sp³-hybridized carbons (Fsp3) is 0.783. The lowest BCUT2D eigenvalue weighted by Gasteiger charge is -2.18. The molecule has 6 heteroatoms. The summed E-state index contributed by atoms with van der Waals surface area (Å²) in [5.74, 6) is 2.40. The van der Waals surface area contributed by atoms with E-state index in [-0.39, 0.29) is 0 Å². The van der Waals surface area contributed by atoms with Crippen molar-refractivity contribution in [1.82, 2.24) is 15.6 Å². The Balaban J connectivity index is 2.42. The van der Waals surface area contributed by atoms with Gasteiger partial charge in [0.25, 0.3) is 0 Å². The molecule has 0 radical (unpaired) electrons. The molecule has 4 nitrogen and oxygen atoms in total. The molecule has 0 saturated carbocycles. The molecule has 0 bridgehead atoms. The van der Waals surface area contributed by atoms with E-state index in [0.29, 0.717) is 9.49 Å². The molecule has 0 aliphatic carbocycles. The van der Waals surface area contributed by atoms with Crippen LogP contribution in [0.25, 0.3) is 0 Å². The third-order valence-corrected chi connectivity index (χ3v) is 6.83. The first kappa shape index (κ1) is 26.6. The molecule has 0 aliphatic heterocycles. The fourth-order valence-electron chi connectivity index (χ4n) is 2.66. The highest BCUT2D eigenvalue weighted by Gasteiger charge is 2.10. The summed E-state index contributed by atoms with van der Waals surface area (Å²) in [7, 11) is 4.19. The first-order chi connectivity index (χ1) is 13.5. The molecule has 168 valence electrons. The van der Waals surface area contributed by atoms with Crippen molar-refractivity contribution in [3.8, 4) is 0 Å². The van der Waals surface area contributed by atoms with Crippen molar-refractivity contribution in [3.05, 3.63) is 23.5 Å². The largest absolute Gasteiger partial charge is 0.378 e. The minimum atomic E-state index is 0.356. The van der Waals surface area contributed by atoms with Gasteiger partial charge in [0, 0.05) is 42.4 Å². The van der Waals surface area contributed by atoms with Crippen molar-refractivity contribution in [1.29, 1.82) is 0 Å². The average Bonchev–Trinajstić information content (AvgIpc) is 2.59. The van der Waals surface area contributed by atoms with Crippen LogP contribution in [0, 0.1) is 0 Å². The zero-order valence-electron chi connectivity index (χ0n) is 20.0. The van der Waals surface area contributed by atoms with Crippen molar-refractivity contribution in [2.24, 2.45) is 0 Å². The second-order valence-corrected chi connectivity index (χ2v) is 13.5. The van der Waals surface area contributed by atoms with Crippen molar-refractivity contribution < 1.29 is 0 Å². The quantitative estimate of drug-likeness (QED) is 0.412. The standard InChI is InChI=1S/C23H44N4S2/c1-22(2,3)28-13-9-11-24-17-19-15-21(27(7)8)16-20(26-19)18-25-12-10-14-29-23(4,5)6/h15-16,24-25H,9-14,17-18H2,1-8H3. The van der Waals surface area contributed by atoms with Crippen LogP contribution >= 0.6 is 23.5 Å². The van der Waals surface area contributed by atoms with Gasteiger partial charge in [0.05, 0.1) is 11.4 Å². The Bertz CT molecular complexity index is 533. The second-order valence-electron chi connectivity index (χ2n) is 9.68. The summed E-state index contributed by atoms with van der Waals surface area (Å²) in [5, 5.41) is 7.12. The van der Waals surface area contributed by atoms with Crippen LogP contribution in [-0.2, 0) is 13.1 Å². The maximum atomic E-state index is 4.87. The van der Waals surface area contributed by atoms with Gasteiger partial charge >= 0.3 is 0 Å². The molecular weight excluding hydrogens is 396 g/mol. The molecule has 0 amide bonds. The zero-order valence-corrected chi connectivity index (χ0v) is 21.7. The molecule has 2 N–H and O–H groups in total. The highest BCUT2D eigenvalue weighted by molar-refractivity contribution is 8.00. The summed E-state index contributed by atoms with van der Waals surface area (Å²) in [6.45, 7) is 17.4. The van der Waals surface area contributed by atoms with Gasteiger partial charge in [-0.3, -0.25) is 4.98 Å². The number of anilines is 1. The fourth-order valence-corrected chi connectivity index (χ4v) is 4.46. The topological polar surface area (TPSA) is 40.2 Å². The Morgan fingerprint density at radius 3 is 1.55 bits per heavy atom. The van der Waals surface area contributed by atoms with Crippen molar-refractivity contribution >= 4 is 29.2 Å². The Morgan fingerprint density at radius 1 is 0.793 bits per heavy atom. The van der Waals surface area contributed by atoms with Crippen LogP contribution in [0.4, 0.5) is 5.69 Å². The van der Waals surface area contributed by atoms with Crippen molar-refractivity contribution in [2.45, 2.75) is 77.0 Å². The van der Waals surface area contributed by atoms with Crippen LogP contribution in [0.3, 0.4) is 0 Å². The number of aromatic nitrogens is 1. The molecule has 29 heavy (non-hydrogen) atoms. The Morgan fingerprint density at radius 2 is 1.21 bits per heavy atom. The molecule has 1 heterocycles. The molecule has 0 aromatic carbocycles. The molecule has 0 unspecified atom stereocenters. The monoisotopic (exact) mass is 440 g/mol. The van der Waals surface area contributed by atoms with Crippen molar-refractivity contribution in [3.63, 3.8) is 0 Å². The van der Waals surface area contributed by atoms with Crippen LogP contribution < -0.4 is 15.5 Å². The lowest BCUT2D eigenvalue weighted by atomic mass is 10.2. The molecule has 0 aliphatic rings. The van der Waals surface area contributed by atoms with Gasteiger partial charge in [-0.2, -0.15) is 23.5 Å². The second kappa shape index (κ2) is 13.1. The Kier molecular flexibility index (Phi) is 12.0. The van der Waals surface area contributed by atoms with Gasteiger partial charge in [-0.05, 0) is 49.6 Å². The van der Waals surface area contributed by atoms with Crippen molar-refractivity contribution in [2.75, 3.05) is 43.6 Å². The molecule has 1 aromatic rings. The van der Waals surface area contributed by atoms with Gasteiger partial charge in [-0.15, -0.1) is 0 Å². The van der Waals surface area contributed by atoms with E-state index in [9.17, 15) is 0 Å². The number of pyridine rings is 1. The van der Waals surface area contributed by atoms with Gasteiger partial charge in [0.2, 0.25) is 0 Å². The minimum absolute atomic E-state index is 0.356. The SMILES string of the molecule is CN(C)c1cc(CNCCCSC(C)(C)C)nc(CNCCCSC(C)(C)C)c1. The number of hydrogen-bond donors (Lipinski definition) is 2. The highest BCUT2D eigenvalue weighted by atomic mass is 32.2. The molecule has 1 aromatic heterocycles. The number of hydrogen-bond acceptors (Lipinski definition) is 6. The normalized spacial score (nSPS) is 12.4. The predicted molar refractivity (Wildman–Crippen MR) is 136 cm³/mol. The maximum absolute atomic E-state index is 4.87. The average molecular weight is 441 g/mol. The minimum Gasteiger partial charge on any atom is -0.378 e. The van der Waals surface area contributed by atoms with E-state index in [2.05, 4.69) is 83.3 Å². The molecule has 1 rings (SSSR count). The van der Waals surface area contributed by atoms with E-state index in [1.165, 1.54) is 30.0 Å². The van der Waals surface area contributed by atoms with Gasteiger partial charge in [0.15, 0.2) is 0 Å². The summed E-state index contributed by atoms with van der Waals surface area (Å²) in [6.07, 6.45) is 2.38. The first-order valence-corrected chi connectivity index (χ1v) is 12.8. The molecule has 0 spiro atoms. The van der Waals surface area contributed by atoms with E-state index < -0.39 is 0 Å². The maximum Gasteiger partial charge on any atom is 0.0566 e. The van der Waals surface area contributed by atoms with Crippen LogP contribution in [-0.4, -0.2) is 53.2 Å². The molecule has 0 fully saturated rings. The van der Waals surface area contributed by atoms with E-state index in [1.54, 1.807) is 0 Å². The third kappa shape index (κ3) is 14.2. The van der Waals surface area contributed by atoms with Crippen LogP contribution in [0.5, 0.6) is 0 Å².